The van der Waals surface area contributed by atoms with Crippen molar-refractivity contribution in [2.45, 2.75) is 32.2 Å². The number of hydrogen-bond acceptors (Lipinski definition) is 3. The van der Waals surface area contributed by atoms with E-state index < -0.39 is 12.0 Å². The van der Waals surface area contributed by atoms with Crippen LogP contribution in [0, 0.1) is 5.92 Å². The molecule has 1 fully saturated rings. The van der Waals surface area contributed by atoms with Gasteiger partial charge in [0.1, 0.15) is 6.04 Å². The molecule has 1 aromatic heterocycles. The molecule has 0 aromatic carbocycles. The Balaban J connectivity index is 2.06. The number of rotatable bonds is 3. The summed E-state index contributed by atoms with van der Waals surface area (Å²) in [6.45, 7) is 2.52. The molecule has 2 N–H and O–H groups in total. The van der Waals surface area contributed by atoms with Gasteiger partial charge in [0.05, 0.1) is 11.9 Å². The van der Waals surface area contributed by atoms with E-state index in [0.29, 0.717) is 24.6 Å². The van der Waals surface area contributed by atoms with Gasteiger partial charge in [-0.05, 0) is 30.9 Å². The first kappa shape index (κ1) is 14.3. The third-order valence-corrected chi connectivity index (χ3v) is 3.75. The molecule has 6 nitrogen and oxygen atoms in total. The molecule has 0 radical (unpaired) electrons. The summed E-state index contributed by atoms with van der Waals surface area (Å²) < 4.78 is 0. The van der Waals surface area contributed by atoms with Crippen molar-refractivity contribution in [2.75, 3.05) is 11.9 Å². The van der Waals surface area contributed by atoms with Crippen LogP contribution >= 0.6 is 0 Å². The summed E-state index contributed by atoms with van der Waals surface area (Å²) in [5.41, 5.74) is 0.569. The van der Waals surface area contributed by atoms with Gasteiger partial charge in [-0.1, -0.05) is 13.3 Å². The zero-order valence-corrected chi connectivity index (χ0v) is 11.5. The van der Waals surface area contributed by atoms with E-state index in [1.165, 1.54) is 11.1 Å². The largest absolute Gasteiger partial charge is 0.480 e. The fourth-order valence-corrected chi connectivity index (χ4v) is 2.52. The highest BCUT2D eigenvalue weighted by atomic mass is 16.4. The number of hydrogen-bond donors (Lipinski definition) is 2. The third-order valence-electron chi connectivity index (χ3n) is 3.75. The molecular formula is C14H19N3O3. The van der Waals surface area contributed by atoms with Crippen molar-refractivity contribution in [1.29, 1.82) is 0 Å². The molecule has 2 atom stereocenters. The predicted octanol–water partition coefficient (Wildman–Crippen LogP) is 2.19. The van der Waals surface area contributed by atoms with Crippen LogP contribution in [0.25, 0.3) is 0 Å². The molecule has 1 aliphatic rings. The molecule has 1 aromatic rings. The number of carbonyl (C=O) groups is 2. The Morgan fingerprint density at radius 1 is 1.55 bits per heavy atom. The Kier molecular flexibility index (Phi) is 4.55. The number of anilines is 1. The van der Waals surface area contributed by atoms with Crippen molar-refractivity contribution in [3.8, 4) is 0 Å². The molecule has 0 aliphatic carbocycles. The molecule has 0 bridgehead atoms. The average Bonchev–Trinajstić information content (AvgIpc) is 2.47. The first-order valence-corrected chi connectivity index (χ1v) is 6.82. The maximum Gasteiger partial charge on any atom is 0.326 e. The van der Waals surface area contributed by atoms with E-state index >= 15 is 0 Å². The topological polar surface area (TPSA) is 82.5 Å². The second kappa shape index (κ2) is 6.36. The maximum absolute atomic E-state index is 12.2. The number of carboxylic acids is 1. The normalized spacial score (nSPS) is 22.4. The first-order valence-electron chi connectivity index (χ1n) is 6.82. The quantitative estimate of drug-likeness (QED) is 0.887. The van der Waals surface area contributed by atoms with Crippen LogP contribution < -0.4 is 5.32 Å². The molecule has 2 rings (SSSR count). The fourth-order valence-electron chi connectivity index (χ4n) is 2.52. The molecule has 2 heterocycles. The second-order valence-corrected chi connectivity index (χ2v) is 5.02. The van der Waals surface area contributed by atoms with Gasteiger partial charge in [-0.25, -0.2) is 9.59 Å². The van der Waals surface area contributed by atoms with Gasteiger partial charge in [0.25, 0.3) is 0 Å². The monoisotopic (exact) mass is 277 g/mol. The van der Waals surface area contributed by atoms with Gasteiger partial charge in [0.2, 0.25) is 0 Å². The number of aromatic nitrogens is 1. The summed E-state index contributed by atoms with van der Waals surface area (Å²) in [7, 11) is 0. The summed E-state index contributed by atoms with van der Waals surface area (Å²) >= 11 is 0. The molecule has 6 heteroatoms. The van der Waals surface area contributed by atoms with Crippen LogP contribution in [0.1, 0.15) is 26.2 Å². The number of aliphatic carboxylic acids is 1. The lowest BCUT2D eigenvalue weighted by Gasteiger charge is -2.36. The van der Waals surface area contributed by atoms with E-state index in [4.69, 9.17) is 0 Å². The van der Waals surface area contributed by atoms with Crippen molar-refractivity contribution in [3.05, 3.63) is 24.5 Å². The molecule has 0 saturated carbocycles. The zero-order chi connectivity index (χ0) is 14.5. The molecule has 0 spiro atoms. The number of amides is 2. The van der Waals surface area contributed by atoms with Crippen LogP contribution in [0.2, 0.25) is 0 Å². The SMILES string of the molecule is CCC1CCN(C(=O)Nc2cccnc2)C(C(=O)O)C1. The van der Waals surface area contributed by atoms with Crippen LogP contribution in [0.4, 0.5) is 10.5 Å². The Morgan fingerprint density at radius 2 is 2.35 bits per heavy atom. The van der Waals surface area contributed by atoms with Gasteiger partial charge >= 0.3 is 12.0 Å². The van der Waals surface area contributed by atoms with Gasteiger partial charge < -0.3 is 15.3 Å². The van der Waals surface area contributed by atoms with E-state index in [-0.39, 0.29) is 6.03 Å². The fraction of sp³-hybridized carbons (Fsp3) is 0.500. The lowest BCUT2D eigenvalue weighted by Crippen LogP contribution is -2.51. The smallest absolute Gasteiger partial charge is 0.326 e. The molecule has 108 valence electrons. The number of pyridine rings is 1. The lowest BCUT2D eigenvalue weighted by molar-refractivity contribution is -0.143. The summed E-state index contributed by atoms with van der Waals surface area (Å²) in [6.07, 6.45) is 5.46. The highest BCUT2D eigenvalue weighted by Crippen LogP contribution is 2.26. The van der Waals surface area contributed by atoms with Gasteiger partial charge in [-0.15, -0.1) is 0 Å². The van der Waals surface area contributed by atoms with E-state index in [9.17, 15) is 14.7 Å². The van der Waals surface area contributed by atoms with E-state index in [0.717, 1.165) is 12.8 Å². The second-order valence-electron chi connectivity index (χ2n) is 5.02. The number of carboxylic acid groups (broad SMARTS) is 1. The minimum Gasteiger partial charge on any atom is -0.480 e. The Hall–Kier alpha value is -2.11. The Labute approximate surface area is 117 Å². The van der Waals surface area contributed by atoms with Crippen molar-refractivity contribution in [3.63, 3.8) is 0 Å². The van der Waals surface area contributed by atoms with Crippen LogP contribution in [-0.2, 0) is 4.79 Å². The molecular weight excluding hydrogens is 258 g/mol. The van der Waals surface area contributed by atoms with Crippen LogP contribution in [0.3, 0.4) is 0 Å². The summed E-state index contributed by atoms with van der Waals surface area (Å²) in [4.78, 5) is 28.9. The van der Waals surface area contributed by atoms with Crippen molar-refractivity contribution >= 4 is 17.7 Å². The minimum atomic E-state index is -0.940. The van der Waals surface area contributed by atoms with Gasteiger partial charge in [0.15, 0.2) is 0 Å². The third kappa shape index (κ3) is 3.26. The van der Waals surface area contributed by atoms with Gasteiger partial charge in [0, 0.05) is 12.7 Å². The number of carbonyl (C=O) groups excluding carboxylic acids is 1. The van der Waals surface area contributed by atoms with E-state index in [1.807, 2.05) is 0 Å². The molecule has 2 unspecified atom stereocenters. The number of piperidine rings is 1. The Morgan fingerprint density at radius 3 is 2.95 bits per heavy atom. The average molecular weight is 277 g/mol. The van der Waals surface area contributed by atoms with Crippen LogP contribution in [0.15, 0.2) is 24.5 Å². The molecule has 1 saturated heterocycles. The standard InChI is InChI=1S/C14H19N3O3/c1-2-10-5-7-17(12(8-10)13(18)19)14(20)16-11-4-3-6-15-9-11/h3-4,6,9-10,12H,2,5,7-8H2,1H3,(H,16,20)(H,18,19). The number of nitrogens with one attached hydrogen (secondary N) is 1. The summed E-state index contributed by atoms with van der Waals surface area (Å²) in [5, 5.41) is 12.0. The first-order chi connectivity index (χ1) is 9.61. The van der Waals surface area contributed by atoms with Gasteiger partial charge in [-0.3, -0.25) is 4.98 Å². The van der Waals surface area contributed by atoms with Crippen molar-refractivity contribution in [1.82, 2.24) is 9.88 Å². The van der Waals surface area contributed by atoms with E-state index in [1.54, 1.807) is 18.3 Å². The summed E-state index contributed by atoms with van der Waals surface area (Å²) in [6, 6.07) is 2.32. The lowest BCUT2D eigenvalue weighted by atomic mass is 9.89. The number of nitrogens with zero attached hydrogens (tertiary/aromatic N) is 2. The Bertz CT molecular complexity index is 478. The van der Waals surface area contributed by atoms with Crippen LogP contribution in [-0.4, -0.2) is 39.6 Å². The van der Waals surface area contributed by atoms with Gasteiger partial charge in [-0.2, -0.15) is 0 Å². The summed E-state index contributed by atoms with van der Waals surface area (Å²) in [5.74, 6) is -0.567. The highest BCUT2D eigenvalue weighted by Gasteiger charge is 2.35. The highest BCUT2D eigenvalue weighted by molar-refractivity contribution is 5.92. The number of urea groups is 1. The van der Waals surface area contributed by atoms with Crippen LogP contribution in [0.5, 0.6) is 0 Å². The van der Waals surface area contributed by atoms with Crippen molar-refractivity contribution in [2.24, 2.45) is 5.92 Å². The zero-order valence-electron chi connectivity index (χ0n) is 11.5. The minimum absolute atomic E-state index is 0.374. The maximum atomic E-state index is 12.2. The molecule has 1 aliphatic heterocycles. The van der Waals surface area contributed by atoms with Crippen molar-refractivity contribution < 1.29 is 14.7 Å². The number of likely N-dealkylation sites (tertiary alicyclic amines) is 1. The van der Waals surface area contributed by atoms with E-state index in [2.05, 4.69) is 17.2 Å². The molecule has 2 amide bonds. The predicted molar refractivity (Wildman–Crippen MR) is 74.4 cm³/mol. The molecule has 20 heavy (non-hydrogen) atoms.